The molecule has 3 rings (SSSR count). The zero-order valence-electron chi connectivity index (χ0n) is 14.5. The third kappa shape index (κ3) is 4.67. The molecule has 0 saturated carbocycles. The molecule has 1 saturated heterocycles. The maximum absolute atomic E-state index is 12.5. The molecule has 1 aliphatic heterocycles. The highest BCUT2D eigenvalue weighted by Crippen LogP contribution is 2.26. The molecule has 2 heterocycles. The van der Waals surface area contributed by atoms with Crippen molar-refractivity contribution in [1.82, 2.24) is 9.88 Å². The number of hydrogen-bond donors (Lipinski definition) is 0. The van der Waals surface area contributed by atoms with Gasteiger partial charge in [-0.05, 0) is 24.1 Å². The smallest absolute Gasteiger partial charge is 0.287 e. The summed E-state index contributed by atoms with van der Waals surface area (Å²) in [6, 6.07) is 8.50. The fraction of sp³-hybridized carbons (Fsp3) is 0.333. The van der Waals surface area contributed by atoms with Gasteiger partial charge in [0.25, 0.3) is 5.69 Å². The van der Waals surface area contributed by atoms with Gasteiger partial charge >= 0.3 is 0 Å². The number of nitro groups is 1. The molecule has 7 nitrogen and oxygen atoms in total. The quantitative estimate of drug-likeness (QED) is 0.557. The summed E-state index contributed by atoms with van der Waals surface area (Å²) in [5, 5.41) is 11.7. The highest BCUT2D eigenvalue weighted by Gasteiger charge is 2.22. The molecule has 0 atom stereocenters. The molecule has 1 amide bonds. The molecule has 1 aromatic heterocycles. The zero-order valence-corrected chi connectivity index (χ0v) is 16.0. The van der Waals surface area contributed by atoms with Crippen molar-refractivity contribution in [2.24, 2.45) is 0 Å². The fourth-order valence-corrected chi connectivity index (χ4v) is 3.41. The normalized spacial score (nSPS) is 14.3. The van der Waals surface area contributed by atoms with Gasteiger partial charge in [0.2, 0.25) is 5.91 Å². The number of rotatable bonds is 5. The van der Waals surface area contributed by atoms with E-state index in [2.05, 4.69) is 4.98 Å². The lowest BCUT2D eigenvalue weighted by molar-refractivity contribution is -0.385. The van der Waals surface area contributed by atoms with Crippen LogP contribution in [-0.2, 0) is 11.2 Å². The lowest BCUT2D eigenvalue weighted by Gasteiger charge is -2.35. The van der Waals surface area contributed by atoms with Gasteiger partial charge in [-0.25, -0.2) is 4.98 Å². The van der Waals surface area contributed by atoms with Crippen LogP contribution in [0.25, 0.3) is 0 Å². The van der Waals surface area contributed by atoms with Crippen LogP contribution >= 0.6 is 23.2 Å². The Hall–Kier alpha value is -2.38. The number of piperazine rings is 1. The summed E-state index contributed by atoms with van der Waals surface area (Å²) in [5.41, 5.74) is 0.832. The van der Waals surface area contributed by atoms with Crippen LogP contribution in [0, 0.1) is 10.1 Å². The maximum Gasteiger partial charge on any atom is 0.287 e. The summed E-state index contributed by atoms with van der Waals surface area (Å²) in [5.74, 6) is 0.751. The third-order valence-corrected chi connectivity index (χ3v) is 5.40. The van der Waals surface area contributed by atoms with Crippen LogP contribution in [0.2, 0.25) is 10.0 Å². The Morgan fingerprint density at radius 3 is 2.52 bits per heavy atom. The topological polar surface area (TPSA) is 79.6 Å². The van der Waals surface area contributed by atoms with Crippen LogP contribution in [0.4, 0.5) is 11.5 Å². The Balaban J connectivity index is 1.51. The molecule has 0 unspecified atom stereocenters. The summed E-state index contributed by atoms with van der Waals surface area (Å²) < 4.78 is 0. The minimum Gasteiger partial charge on any atom is -0.353 e. The van der Waals surface area contributed by atoms with E-state index < -0.39 is 4.92 Å². The van der Waals surface area contributed by atoms with Crippen molar-refractivity contribution < 1.29 is 9.72 Å². The Morgan fingerprint density at radius 2 is 1.89 bits per heavy atom. The van der Waals surface area contributed by atoms with Crippen LogP contribution in [0.3, 0.4) is 0 Å². The van der Waals surface area contributed by atoms with Gasteiger partial charge in [-0.2, -0.15) is 0 Å². The van der Waals surface area contributed by atoms with E-state index in [0.29, 0.717) is 54.9 Å². The number of nitrogens with zero attached hydrogens (tertiary/aromatic N) is 4. The average Bonchev–Trinajstić information content (AvgIpc) is 2.69. The number of carbonyl (C=O) groups is 1. The van der Waals surface area contributed by atoms with Crippen molar-refractivity contribution in [2.75, 3.05) is 31.1 Å². The predicted octanol–water partition coefficient (Wildman–Crippen LogP) is 3.58. The summed E-state index contributed by atoms with van der Waals surface area (Å²) in [4.78, 5) is 30.7. The lowest BCUT2D eigenvalue weighted by Crippen LogP contribution is -2.49. The Kier molecular flexibility index (Phi) is 6.13. The first kappa shape index (κ1) is 19.4. The second-order valence-electron chi connectivity index (χ2n) is 6.21. The molecule has 1 fully saturated rings. The number of anilines is 1. The lowest BCUT2D eigenvalue weighted by atomic mass is 10.1. The molecule has 2 aromatic rings. The summed E-state index contributed by atoms with van der Waals surface area (Å²) in [6.45, 7) is 2.44. The van der Waals surface area contributed by atoms with Gasteiger partial charge in [-0.1, -0.05) is 35.3 Å². The van der Waals surface area contributed by atoms with E-state index in [0.717, 1.165) is 5.56 Å². The molecular weight excluding hydrogens is 391 g/mol. The minimum atomic E-state index is -0.473. The molecular formula is C18H18Cl2N4O3. The molecule has 27 heavy (non-hydrogen) atoms. The van der Waals surface area contributed by atoms with Crippen molar-refractivity contribution in [3.63, 3.8) is 0 Å². The van der Waals surface area contributed by atoms with Gasteiger partial charge in [0, 0.05) is 38.7 Å². The van der Waals surface area contributed by atoms with Crippen LogP contribution in [0.5, 0.6) is 0 Å². The van der Waals surface area contributed by atoms with Gasteiger partial charge in [-0.15, -0.1) is 0 Å². The number of halogens is 2. The predicted molar refractivity (Wildman–Crippen MR) is 104 cm³/mol. The van der Waals surface area contributed by atoms with Crippen LogP contribution in [0.15, 0.2) is 36.5 Å². The summed E-state index contributed by atoms with van der Waals surface area (Å²) >= 11 is 12.2. The number of amides is 1. The van der Waals surface area contributed by atoms with E-state index >= 15 is 0 Å². The van der Waals surface area contributed by atoms with Crippen molar-refractivity contribution in [1.29, 1.82) is 0 Å². The second kappa shape index (κ2) is 8.54. The van der Waals surface area contributed by atoms with Crippen molar-refractivity contribution in [3.05, 3.63) is 62.3 Å². The number of aryl methyl sites for hydroxylation is 1. The monoisotopic (exact) mass is 408 g/mol. The molecule has 1 aromatic carbocycles. The van der Waals surface area contributed by atoms with Gasteiger partial charge in [0.05, 0.1) is 15.0 Å². The molecule has 0 radical (unpaired) electrons. The SMILES string of the molecule is O=C(CCc1cccc(Cl)c1Cl)N1CCN(c2ccc([N+](=O)[O-])cn2)CC1. The highest BCUT2D eigenvalue weighted by molar-refractivity contribution is 6.42. The van der Waals surface area contributed by atoms with Crippen molar-refractivity contribution in [2.45, 2.75) is 12.8 Å². The first-order valence-corrected chi connectivity index (χ1v) is 9.27. The number of carbonyl (C=O) groups excluding carboxylic acids is 1. The van der Waals surface area contributed by atoms with E-state index in [1.165, 1.54) is 12.3 Å². The molecule has 142 valence electrons. The van der Waals surface area contributed by atoms with Crippen molar-refractivity contribution >= 4 is 40.6 Å². The first-order valence-electron chi connectivity index (χ1n) is 8.52. The van der Waals surface area contributed by atoms with Crippen LogP contribution in [-0.4, -0.2) is 46.9 Å². The molecule has 0 aliphatic carbocycles. The Labute approximate surface area is 166 Å². The molecule has 0 N–H and O–H groups in total. The summed E-state index contributed by atoms with van der Waals surface area (Å²) in [7, 11) is 0. The molecule has 1 aliphatic rings. The van der Waals surface area contributed by atoms with E-state index in [4.69, 9.17) is 23.2 Å². The standard InChI is InChI=1S/C18H18Cl2N4O3/c19-15-3-1-2-13(18(15)20)4-7-17(25)23-10-8-22(9-11-23)16-6-5-14(12-21-16)24(26)27/h1-3,5-6,12H,4,7-11H2. The third-order valence-electron chi connectivity index (χ3n) is 4.54. The van der Waals surface area contributed by atoms with Gasteiger partial charge in [0.1, 0.15) is 12.0 Å². The Morgan fingerprint density at radius 1 is 1.15 bits per heavy atom. The van der Waals surface area contributed by atoms with E-state index in [9.17, 15) is 14.9 Å². The first-order chi connectivity index (χ1) is 13.0. The Bertz CT molecular complexity index is 837. The minimum absolute atomic E-state index is 0.0350. The molecule has 9 heteroatoms. The average molecular weight is 409 g/mol. The fourth-order valence-electron chi connectivity index (χ4n) is 3.00. The number of pyridine rings is 1. The maximum atomic E-state index is 12.5. The zero-order chi connectivity index (χ0) is 19.4. The van der Waals surface area contributed by atoms with Gasteiger partial charge < -0.3 is 9.80 Å². The van der Waals surface area contributed by atoms with E-state index in [1.807, 2.05) is 21.9 Å². The van der Waals surface area contributed by atoms with Crippen molar-refractivity contribution in [3.8, 4) is 0 Å². The number of aromatic nitrogens is 1. The van der Waals surface area contributed by atoms with Crippen LogP contribution in [0.1, 0.15) is 12.0 Å². The molecule has 0 bridgehead atoms. The highest BCUT2D eigenvalue weighted by atomic mass is 35.5. The number of benzene rings is 1. The summed E-state index contributed by atoms with van der Waals surface area (Å²) in [6.07, 6.45) is 2.17. The largest absolute Gasteiger partial charge is 0.353 e. The van der Waals surface area contributed by atoms with Gasteiger partial charge in [-0.3, -0.25) is 14.9 Å². The van der Waals surface area contributed by atoms with Gasteiger partial charge in [0.15, 0.2) is 0 Å². The molecule has 0 spiro atoms. The second-order valence-corrected chi connectivity index (χ2v) is 7.00. The van der Waals surface area contributed by atoms with E-state index in [-0.39, 0.29) is 11.6 Å². The van der Waals surface area contributed by atoms with E-state index in [1.54, 1.807) is 12.1 Å². The van der Waals surface area contributed by atoms with Crippen LogP contribution < -0.4 is 4.90 Å². The number of hydrogen-bond acceptors (Lipinski definition) is 5.